The molecule has 4 rings (SSSR count). The first-order valence-electron chi connectivity index (χ1n) is 12.2. The molecule has 0 aromatic heterocycles. The SMILES string of the molecule is C[C@H](C(=O)NC(C)(C)C)N(Cc1ccc(Br)cc1)C(=O)CCCN1C(=O)c2cccc3cccc1c23. The third kappa shape index (κ3) is 5.62. The van der Waals surface area contributed by atoms with E-state index in [0.717, 1.165) is 26.5 Å². The van der Waals surface area contributed by atoms with Gasteiger partial charge in [0.1, 0.15) is 6.04 Å². The molecule has 1 heterocycles. The maximum atomic E-state index is 13.4. The molecule has 0 unspecified atom stereocenters. The summed E-state index contributed by atoms with van der Waals surface area (Å²) in [4.78, 5) is 42.8. The van der Waals surface area contributed by atoms with Crippen molar-refractivity contribution in [3.8, 4) is 0 Å². The van der Waals surface area contributed by atoms with Crippen molar-refractivity contribution in [3.05, 3.63) is 76.3 Å². The van der Waals surface area contributed by atoms with Gasteiger partial charge in [-0.25, -0.2) is 0 Å². The summed E-state index contributed by atoms with van der Waals surface area (Å²) in [5.74, 6) is -0.333. The van der Waals surface area contributed by atoms with E-state index in [9.17, 15) is 14.4 Å². The number of halogens is 1. The smallest absolute Gasteiger partial charge is 0.258 e. The fourth-order valence-electron chi connectivity index (χ4n) is 4.58. The zero-order valence-electron chi connectivity index (χ0n) is 21.2. The highest BCUT2D eigenvalue weighted by Gasteiger charge is 2.31. The summed E-state index contributed by atoms with van der Waals surface area (Å²) in [6, 6.07) is 18.8. The van der Waals surface area contributed by atoms with Crippen LogP contribution in [0.5, 0.6) is 0 Å². The lowest BCUT2D eigenvalue weighted by atomic mass is 10.1. The van der Waals surface area contributed by atoms with E-state index in [2.05, 4.69) is 21.2 Å². The second-order valence-electron chi connectivity index (χ2n) is 10.3. The molecule has 0 spiro atoms. The molecule has 3 aromatic carbocycles. The van der Waals surface area contributed by atoms with E-state index in [1.807, 2.05) is 81.4 Å². The van der Waals surface area contributed by atoms with Gasteiger partial charge < -0.3 is 15.1 Å². The van der Waals surface area contributed by atoms with Gasteiger partial charge in [-0.1, -0.05) is 52.3 Å². The van der Waals surface area contributed by atoms with Crippen LogP contribution in [0.15, 0.2) is 65.1 Å². The second-order valence-corrected chi connectivity index (χ2v) is 11.2. The molecule has 7 heteroatoms. The van der Waals surface area contributed by atoms with Crippen LogP contribution in [0.3, 0.4) is 0 Å². The van der Waals surface area contributed by atoms with E-state index in [0.29, 0.717) is 25.1 Å². The van der Waals surface area contributed by atoms with Crippen LogP contribution in [0.25, 0.3) is 10.8 Å². The number of carbonyl (C=O) groups excluding carboxylic acids is 3. The Labute approximate surface area is 220 Å². The number of nitrogens with one attached hydrogen (secondary N) is 1. The number of nitrogens with zero attached hydrogens (tertiary/aromatic N) is 2. The Kier molecular flexibility index (Phi) is 7.50. The van der Waals surface area contributed by atoms with E-state index in [1.54, 1.807) is 16.7 Å². The van der Waals surface area contributed by atoms with Gasteiger partial charge in [-0.15, -0.1) is 0 Å². The largest absolute Gasteiger partial charge is 0.350 e. The number of rotatable bonds is 8. The molecule has 6 nitrogen and oxygen atoms in total. The number of hydrogen-bond acceptors (Lipinski definition) is 3. The summed E-state index contributed by atoms with van der Waals surface area (Å²) in [7, 11) is 0. The summed E-state index contributed by atoms with van der Waals surface area (Å²) in [5.41, 5.74) is 2.15. The number of amides is 3. The molecule has 188 valence electrons. The lowest BCUT2D eigenvalue weighted by Crippen LogP contribution is -2.52. The lowest BCUT2D eigenvalue weighted by molar-refractivity contribution is -0.141. The number of carbonyl (C=O) groups is 3. The van der Waals surface area contributed by atoms with Gasteiger partial charge in [-0.2, -0.15) is 0 Å². The molecule has 3 amide bonds. The third-order valence-corrected chi connectivity index (χ3v) is 6.88. The standard InChI is InChI=1S/C29H32BrN3O3/c1-19(27(35)31-29(2,3)4)33(18-20-13-15-22(30)16-14-20)25(34)12-7-17-32-24-11-6-9-21-8-5-10-23(26(21)24)28(32)36/h5-6,8-11,13-16,19H,7,12,17-18H2,1-4H3,(H,31,35)/t19-/m1/s1. The van der Waals surface area contributed by atoms with E-state index in [1.165, 1.54) is 0 Å². The Morgan fingerprint density at radius 2 is 1.69 bits per heavy atom. The van der Waals surface area contributed by atoms with Crippen molar-refractivity contribution in [1.29, 1.82) is 0 Å². The van der Waals surface area contributed by atoms with Crippen molar-refractivity contribution < 1.29 is 14.4 Å². The van der Waals surface area contributed by atoms with Crippen LogP contribution in [-0.4, -0.2) is 40.7 Å². The summed E-state index contributed by atoms with van der Waals surface area (Å²) in [6.07, 6.45) is 0.735. The molecule has 1 N–H and O–H groups in total. The molecule has 0 saturated heterocycles. The van der Waals surface area contributed by atoms with Crippen LogP contribution in [0, 0.1) is 0 Å². The monoisotopic (exact) mass is 549 g/mol. The zero-order valence-corrected chi connectivity index (χ0v) is 22.8. The second kappa shape index (κ2) is 10.4. The first-order chi connectivity index (χ1) is 17.0. The Balaban J connectivity index is 1.47. The predicted octanol–water partition coefficient (Wildman–Crippen LogP) is 5.67. The van der Waals surface area contributed by atoms with E-state index in [4.69, 9.17) is 0 Å². The number of benzene rings is 3. The van der Waals surface area contributed by atoms with Crippen LogP contribution in [0.1, 0.15) is 56.5 Å². The third-order valence-electron chi connectivity index (χ3n) is 6.35. The maximum Gasteiger partial charge on any atom is 0.258 e. The maximum absolute atomic E-state index is 13.4. The summed E-state index contributed by atoms with van der Waals surface area (Å²) in [6.45, 7) is 8.29. The normalized spacial score (nSPS) is 13.7. The molecule has 3 aromatic rings. The van der Waals surface area contributed by atoms with Crippen molar-refractivity contribution in [2.45, 2.75) is 58.7 Å². The quantitative estimate of drug-likeness (QED) is 0.393. The van der Waals surface area contributed by atoms with Crippen LogP contribution >= 0.6 is 15.9 Å². The van der Waals surface area contributed by atoms with E-state index in [-0.39, 0.29) is 24.1 Å². The average Bonchev–Trinajstić information content (AvgIpc) is 3.10. The van der Waals surface area contributed by atoms with Gasteiger partial charge in [-0.05, 0) is 69.3 Å². The minimum Gasteiger partial charge on any atom is -0.350 e. The zero-order chi connectivity index (χ0) is 26.0. The van der Waals surface area contributed by atoms with Crippen LogP contribution in [0.2, 0.25) is 0 Å². The van der Waals surface area contributed by atoms with Crippen molar-refractivity contribution in [3.63, 3.8) is 0 Å². The molecule has 0 bridgehead atoms. The molecule has 0 saturated carbocycles. The molecular formula is C29H32BrN3O3. The Morgan fingerprint density at radius 3 is 2.36 bits per heavy atom. The van der Waals surface area contributed by atoms with Gasteiger partial charge in [0.15, 0.2) is 0 Å². The minimum atomic E-state index is -0.633. The Bertz CT molecular complexity index is 1290. The Hall–Kier alpha value is -3.19. The van der Waals surface area contributed by atoms with Crippen molar-refractivity contribution in [2.24, 2.45) is 0 Å². The van der Waals surface area contributed by atoms with Gasteiger partial charge in [0, 0.05) is 40.5 Å². The summed E-state index contributed by atoms with van der Waals surface area (Å²) >= 11 is 3.44. The molecule has 0 aliphatic carbocycles. The van der Waals surface area contributed by atoms with Gasteiger partial charge in [0.05, 0.1) is 5.69 Å². The van der Waals surface area contributed by atoms with Crippen LogP contribution < -0.4 is 10.2 Å². The van der Waals surface area contributed by atoms with E-state index >= 15 is 0 Å². The number of hydrogen-bond donors (Lipinski definition) is 1. The molecule has 36 heavy (non-hydrogen) atoms. The summed E-state index contributed by atoms with van der Waals surface area (Å²) in [5, 5.41) is 4.99. The minimum absolute atomic E-state index is 0.0288. The highest BCUT2D eigenvalue weighted by molar-refractivity contribution is 9.10. The van der Waals surface area contributed by atoms with Crippen molar-refractivity contribution in [1.82, 2.24) is 10.2 Å². The van der Waals surface area contributed by atoms with Crippen molar-refractivity contribution in [2.75, 3.05) is 11.4 Å². The van der Waals surface area contributed by atoms with Crippen molar-refractivity contribution >= 4 is 50.1 Å². The van der Waals surface area contributed by atoms with Crippen LogP contribution in [0.4, 0.5) is 5.69 Å². The molecule has 0 radical (unpaired) electrons. The fourth-order valence-corrected chi connectivity index (χ4v) is 4.84. The molecule has 1 atom stereocenters. The highest BCUT2D eigenvalue weighted by atomic mass is 79.9. The Morgan fingerprint density at radius 1 is 1.03 bits per heavy atom. The lowest BCUT2D eigenvalue weighted by Gasteiger charge is -2.31. The fraction of sp³-hybridized carbons (Fsp3) is 0.345. The topological polar surface area (TPSA) is 69.7 Å². The van der Waals surface area contributed by atoms with Gasteiger partial charge in [0.2, 0.25) is 11.8 Å². The number of anilines is 1. The molecular weight excluding hydrogens is 518 g/mol. The average molecular weight is 550 g/mol. The predicted molar refractivity (Wildman–Crippen MR) is 147 cm³/mol. The highest BCUT2D eigenvalue weighted by Crippen LogP contribution is 2.37. The van der Waals surface area contributed by atoms with E-state index < -0.39 is 11.6 Å². The summed E-state index contributed by atoms with van der Waals surface area (Å²) < 4.78 is 0.953. The van der Waals surface area contributed by atoms with Gasteiger partial charge >= 0.3 is 0 Å². The van der Waals surface area contributed by atoms with Gasteiger partial charge in [0.25, 0.3) is 5.91 Å². The van der Waals surface area contributed by atoms with Crippen LogP contribution in [-0.2, 0) is 16.1 Å². The first-order valence-corrected chi connectivity index (χ1v) is 13.0. The molecule has 0 fully saturated rings. The van der Waals surface area contributed by atoms with Gasteiger partial charge in [-0.3, -0.25) is 14.4 Å². The molecule has 1 aliphatic heterocycles. The first kappa shape index (κ1) is 25.9. The molecule has 1 aliphatic rings.